The number of carbonyl (C=O) groups excluding carboxylic acids is 2. The summed E-state index contributed by atoms with van der Waals surface area (Å²) in [6.07, 6.45) is 0.792. The van der Waals surface area contributed by atoms with Crippen molar-refractivity contribution < 1.29 is 27.9 Å². The van der Waals surface area contributed by atoms with Crippen molar-refractivity contribution in [3.8, 4) is 11.3 Å². The molecule has 11 heteroatoms. The molecule has 0 radical (unpaired) electrons. The first-order chi connectivity index (χ1) is 15.9. The Bertz CT molecular complexity index is 1080. The maximum atomic E-state index is 14.6. The van der Waals surface area contributed by atoms with Crippen molar-refractivity contribution in [1.82, 2.24) is 25.3 Å². The molecule has 2 aromatic rings. The van der Waals surface area contributed by atoms with Crippen LogP contribution in [0.5, 0.6) is 0 Å². The van der Waals surface area contributed by atoms with Crippen LogP contribution in [0.3, 0.4) is 0 Å². The Labute approximate surface area is 196 Å². The second-order valence-corrected chi connectivity index (χ2v) is 9.54. The Morgan fingerprint density at radius 1 is 1.18 bits per heavy atom. The maximum absolute atomic E-state index is 14.6. The molecule has 1 aromatic heterocycles. The summed E-state index contributed by atoms with van der Waals surface area (Å²) < 4.78 is 43.1. The molecular weight excluding hydrogens is 451 g/mol. The van der Waals surface area contributed by atoms with Crippen molar-refractivity contribution >= 4 is 11.9 Å². The second-order valence-electron chi connectivity index (χ2n) is 9.54. The highest BCUT2D eigenvalue weighted by Crippen LogP contribution is 2.32. The van der Waals surface area contributed by atoms with Crippen LogP contribution in [-0.2, 0) is 17.8 Å². The summed E-state index contributed by atoms with van der Waals surface area (Å²) in [5, 5.41) is 18.6. The predicted octanol–water partition coefficient (Wildman–Crippen LogP) is 2.43. The third kappa shape index (κ3) is 5.41. The molecule has 186 valence electrons. The molecule has 2 heterocycles. The van der Waals surface area contributed by atoms with Crippen LogP contribution in [0.15, 0.2) is 12.1 Å². The molecule has 1 aliphatic heterocycles. The van der Waals surface area contributed by atoms with E-state index in [0.29, 0.717) is 43.3 Å². The van der Waals surface area contributed by atoms with Gasteiger partial charge in [0.15, 0.2) is 11.6 Å². The molecule has 3 rings (SSSR count). The molecule has 1 aromatic carbocycles. The molecule has 0 saturated heterocycles. The van der Waals surface area contributed by atoms with E-state index in [-0.39, 0.29) is 24.4 Å². The number of rotatable bonds is 6. The number of carbonyl (C=O) groups is 2. The Balaban J connectivity index is 1.99. The van der Waals surface area contributed by atoms with Crippen molar-refractivity contribution in [2.24, 2.45) is 5.41 Å². The predicted molar refractivity (Wildman–Crippen MR) is 119 cm³/mol. The average Bonchev–Trinajstić information content (AvgIpc) is 3.12. The molecule has 1 aliphatic rings. The van der Waals surface area contributed by atoms with Gasteiger partial charge in [0, 0.05) is 49.9 Å². The number of hydrogen-bond acceptors (Lipinski definition) is 5. The lowest BCUT2D eigenvalue weighted by Crippen LogP contribution is -2.55. The van der Waals surface area contributed by atoms with Crippen LogP contribution in [0.1, 0.15) is 38.4 Å². The van der Waals surface area contributed by atoms with Gasteiger partial charge in [0.1, 0.15) is 17.6 Å². The van der Waals surface area contributed by atoms with E-state index in [0.717, 1.165) is 10.7 Å². The molecule has 0 saturated carbocycles. The number of likely N-dealkylation sites (N-methyl/N-ethyl adjacent to an activating group) is 1. The van der Waals surface area contributed by atoms with Crippen LogP contribution >= 0.6 is 0 Å². The second kappa shape index (κ2) is 10.1. The highest BCUT2D eigenvalue weighted by Gasteiger charge is 2.35. The van der Waals surface area contributed by atoms with E-state index in [1.54, 1.807) is 20.8 Å². The van der Waals surface area contributed by atoms with Gasteiger partial charge in [0.2, 0.25) is 5.91 Å². The maximum Gasteiger partial charge on any atom is 0.343 e. The molecule has 2 amide bonds. The van der Waals surface area contributed by atoms with Crippen LogP contribution in [0.4, 0.5) is 18.0 Å². The van der Waals surface area contributed by atoms with E-state index in [1.165, 1.54) is 0 Å². The minimum atomic E-state index is -1.32. The highest BCUT2D eigenvalue weighted by atomic mass is 19.2. The Kier molecular flexibility index (Phi) is 7.67. The van der Waals surface area contributed by atoms with Crippen LogP contribution in [0, 0.1) is 22.9 Å². The number of aliphatic hydroxyl groups excluding tert-OH is 1. The minimum absolute atomic E-state index is 0.0489. The number of fused-ring (bicyclic) bond motifs is 1. The minimum Gasteiger partial charge on any atom is -0.396 e. The lowest BCUT2D eigenvalue weighted by atomic mass is 9.86. The number of amides is 2. The molecule has 0 spiro atoms. The monoisotopic (exact) mass is 481 g/mol. The molecule has 8 nitrogen and oxygen atoms in total. The van der Waals surface area contributed by atoms with E-state index in [2.05, 4.69) is 15.7 Å². The quantitative estimate of drug-likeness (QED) is 0.435. The van der Waals surface area contributed by atoms with Crippen LogP contribution < -0.4 is 10.6 Å². The molecular formula is C23H30F3N5O3. The summed E-state index contributed by atoms with van der Waals surface area (Å²) in [5.41, 5.74) is 0.206. The fraction of sp³-hybridized carbons (Fsp3) is 0.522. The number of aromatic nitrogens is 2. The van der Waals surface area contributed by atoms with Gasteiger partial charge in [-0.3, -0.25) is 4.79 Å². The molecule has 0 aliphatic carbocycles. The normalized spacial score (nSPS) is 15.1. The summed E-state index contributed by atoms with van der Waals surface area (Å²) >= 11 is 0. The van der Waals surface area contributed by atoms with Crippen LogP contribution in [0.2, 0.25) is 0 Å². The smallest absolute Gasteiger partial charge is 0.343 e. The summed E-state index contributed by atoms with van der Waals surface area (Å²) in [6, 6.07) is -0.424. The van der Waals surface area contributed by atoms with Gasteiger partial charge in [0.05, 0.1) is 5.69 Å². The van der Waals surface area contributed by atoms with E-state index < -0.39 is 40.8 Å². The van der Waals surface area contributed by atoms with Gasteiger partial charge in [-0.2, -0.15) is 9.78 Å². The van der Waals surface area contributed by atoms with Gasteiger partial charge in [-0.25, -0.2) is 18.0 Å². The summed E-state index contributed by atoms with van der Waals surface area (Å²) in [6.45, 7) is 6.49. The van der Waals surface area contributed by atoms with Crippen LogP contribution in [0.25, 0.3) is 11.3 Å². The van der Waals surface area contributed by atoms with Gasteiger partial charge in [-0.15, -0.1) is 0 Å². The number of aliphatic hydroxyl groups is 1. The fourth-order valence-electron chi connectivity index (χ4n) is 3.89. The summed E-state index contributed by atoms with van der Waals surface area (Å²) in [5.74, 6) is -3.94. The number of benzene rings is 1. The molecule has 0 fully saturated rings. The van der Waals surface area contributed by atoms with Gasteiger partial charge in [0.25, 0.3) is 0 Å². The highest BCUT2D eigenvalue weighted by molar-refractivity contribution is 5.89. The third-order valence-corrected chi connectivity index (χ3v) is 5.74. The molecule has 34 heavy (non-hydrogen) atoms. The largest absolute Gasteiger partial charge is 0.396 e. The Morgan fingerprint density at radius 2 is 1.85 bits per heavy atom. The lowest BCUT2D eigenvalue weighted by molar-refractivity contribution is -0.125. The summed E-state index contributed by atoms with van der Waals surface area (Å²) in [7, 11) is 1.85. The van der Waals surface area contributed by atoms with Gasteiger partial charge in [-0.1, -0.05) is 20.8 Å². The summed E-state index contributed by atoms with van der Waals surface area (Å²) in [4.78, 5) is 27.9. The number of halogens is 3. The standard InChI is InChI=1S/C23H30F3N5O3/c1-23(2,3)20(21(33)27-7-5-9-32)28-22(34)31-18-6-8-30(4)12-14(18)19(29-31)13-10-16(25)17(26)11-15(13)24/h10-11,20,32H,5-9,12H2,1-4H3,(H,27,33)(H,28,34). The van der Waals surface area contributed by atoms with E-state index in [9.17, 15) is 22.8 Å². The zero-order valence-electron chi connectivity index (χ0n) is 19.7. The van der Waals surface area contributed by atoms with Crippen LogP contribution in [-0.4, -0.2) is 64.5 Å². The molecule has 3 N–H and O–H groups in total. The number of nitrogens with one attached hydrogen (secondary N) is 2. The zero-order valence-corrected chi connectivity index (χ0v) is 19.7. The van der Waals surface area contributed by atoms with Crippen molar-refractivity contribution in [2.45, 2.75) is 46.2 Å². The first-order valence-electron chi connectivity index (χ1n) is 11.1. The van der Waals surface area contributed by atoms with Crippen molar-refractivity contribution in [3.05, 3.63) is 40.8 Å². The molecule has 1 unspecified atom stereocenters. The van der Waals surface area contributed by atoms with Gasteiger partial charge >= 0.3 is 6.03 Å². The Hall–Kier alpha value is -2.92. The molecule has 0 bridgehead atoms. The Morgan fingerprint density at radius 3 is 2.50 bits per heavy atom. The average molecular weight is 482 g/mol. The van der Waals surface area contributed by atoms with Crippen molar-refractivity contribution in [1.29, 1.82) is 0 Å². The molecule has 1 atom stereocenters. The van der Waals surface area contributed by atoms with Gasteiger partial charge in [-0.05, 0) is 24.9 Å². The van der Waals surface area contributed by atoms with Crippen molar-refractivity contribution in [3.63, 3.8) is 0 Å². The first-order valence-corrected chi connectivity index (χ1v) is 11.1. The van der Waals surface area contributed by atoms with Gasteiger partial charge < -0.3 is 20.6 Å². The lowest BCUT2D eigenvalue weighted by Gasteiger charge is -2.30. The third-order valence-electron chi connectivity index (χ3n) is 5.74. The van der Waals surface area contributed by atoms with E-state index >= 15 is 0 Å². The van der Waals surface area contributed by atoms with Crippen molar-refractivity contribution in [2.75, 3.05) is 26.7 Å². The number of nitrogens with zero attached hydrogens (tertiary/aromatic N) is 3. The topological polar surface area (TPSA) is 99.5 Å². The van der Waals surface area contributed by atoms with E-state index in [4.69, 9.17) is 5.11 Å². The zero-order chi connectivity index (χ0) is 25.2. The SMILES string of the molecule is CN1CCc2c(c(-c3cc(F)c(F)cc3F)nn2C(=O)NC(C(=O)NCCCO)C(C)(C)C)C1. The number of hydrogen-bond donors (Lipinski definition) is 3. The fourth-order valence-corrected chi connectivity index (χ4v) is 3.89. The van der Waals surface area contributed by atoms with E-state index in [1.807, 2.05) is 11.9 Å². The first kappa shape index (κ1) is 25.7.